The molecular formula is C11H15F3N4. The first-order valence-corrected chi connectivity index (χ1v) is 5.83. The van der Waals surface area contributed by atoms with Gasteiger partial charge >= 0.3 is 6.18 Å². The van der Waals surface area contributed by atoms with Gasteiger partial charge in [-0.25, -0.2) is 4.98 Å². The molecule has 0 atom stereocenters. The maximum atomic E-state index is 12.5. The van der Waals surface area contributed by atoms with Gasteiger partial charge in [0.2, 0.25) is 0 Å². The average molecular weight is 260 g/mol. The standard InChI is InChI=1S/C11H15F3N4/c12-11(13,14)8-1-3-18(4-2-8)10-7-16-9(5-15)6-17-10/h6-8H,1-5,15H2. The lowest BCUT2D eigenvalue weighted by Crippen LogP contribution is -2.39. The molecule has 100 valence electrons. The molecule has 1 saturated heterocycles. The van der Waals surface area contributed by atoms with Crippen LogP contribution in [0.4, 0.5) is 19.0 Å². The van der Waals surface area contributed by atoms with E-state index >= 15 is 0 Å². The molecule has 0 radical (unpaired) electrons. The van der Waals surface area contributed by atoms with E-state index in [1.165, 1.54) is 0 Å². The number of hydrogen-bond donors (Lipinski definition) is 1. The monoisotopic (exact) mass is 260 g/mol. The van der Waals surface area contributed by atoms with Crippen LogP contribution in [-0.2, 0) is 6.54 Å². The zero-order chi connectivity index (χ0) is 13.2. The highest BCUT2D eigenvalue weighted by molar-refractivity contribution is 5.36. The van der Waals surface area contributed by atoms with Crippen molar-refractivity contribution in [2.75, 3.05) is 18.0 Å². The second-order valence-corrected chi connectivity index (χ2v) is 4.37. The Balaban J connectivity index is 1.96. The van der Waals surface area contributed by atoms with Crippen LogP contribution in [-0.4, -0.2) is 29.2 Å². The lowest BCUT2D eigenvalue weighted by Gasteiger charge is -2.33. The molecule has 2 N–H and O–H groups in total. The van der Waals surface area contributed by atoms with Gasteiger partial charge in [0.1, 0.15) is 5.82 Å². The average Bonchev–Trinajstić information content (AvgIpc) is 2.38. The van der Waals surface area contributed by atoms with Crippen molar-refractivity contribution in [2.24, 2.45) is 11.7 Å². The van der Waals surface area contributed by atoms with Crippen LogP contribution in [0, 0.1) is 5.92 Å². The second-order valence-electron chi connectivity index (χ2n) is 4.37. The molecule has 2 heterocycles. The Hall–Kier alpha value is -1.37. The summed E-state index contributed by atoms with van der Waals surface area (Å²) < 4.78 is 37.5. The number of aromatic nitrogens is 2. The molecule has 1 aromatic heterocycles. The van der Waals surface area contributed by atoms with Crippen LogP contribution < -0.4 is 10.6 Å². The molecule has 0 saturated carbocycles. The number of alkyl halides is 3. The summed E-state index contributed by atoms with van der Waals surface area (Å²) in [5.74, 6) is -0.571. The molecule has 7 heteroatoms. The van der Waals surface area contributed by atoms with Gasteiger partial charge in [-0.2, -0.15) is 13.2 Å². The topological polar surface area (TPSA) is 55.0 Å². The summed E-state index contributed by atoms with van der Waals surface area (Å²) in [6, 6.07) is 0. The summed E-state index contributed by atoms with van der Waals surface area (Å²) in [5.41, 5.74) is 6.07. The van der Waals surface area contributed by atoms with Crippen LogP contribution >= 0.6 is 0 Å². The Labute approximate surface area is 103 Å². The summed E-state index contributed by atoms with van der Waals surface area (Å²) in [6.07, 6.45) is -0.726. The quantitative estimate of drug-likeness (QED) is 0.879. The van der Waals surface area contributed by atoms with Gasteiger partial charge in [-0.05, 0) is 12.8 Å². The molecule has 1 aliphatic rings. The Morgan fingerprint density at radius 2 is 1.89 bits per heavy atom. The molecular weight excluding hydrogens is 245 g/mol. The van der Waals surface area contributed by atoms with Gasteiger partial charge in [0.05, 0.1) is 24.0 Å². The summed E-state index contributed by atoms with van der Waals surface area (Å²) in [7, 11) is 0. The minimum absolute atomic E-state index is 0.115. The van der Waals surface area contributed by atoms with Crippen LogP contribution in [0.5, 0.6) is 0 Å². The molecule has 1 fully saturated rings. The fraction of sp³-hybridized carbons (Fsp3) is 0.636. The van der Waals surface area contributed by atoms with Crippen molar-refractivity contribution in [3.63, 3.8) is 0 Å². The van der Waals surface area contributed by atoms with Crippen molar-refractivity contribution in [1.29, 1.82) is 0 Å². The van der Waals surface area contributed by atoms with E-state index in [2.05, 4.69) is 9.97 Å². The van der Waals surface area contributed by atoms with E-state index < -0.39 is 12.1 Å². The second kappa shape index (κ2) is 5.09. The predicted molar refractivity (Wildman–Crippen MR) is 60.9 cm³/mol. The van der Waals surface area contributed by atoms with Crippen LogP contribution in [0.3, 0.4) is 0 Å². The third-order valence-corrected chi connectivity index (χ3v) is 3.18. The number of nitrogens with zero attached hydrogens (tertiary/aromatic N) is 3. The maximum Gasteiger partial charge on any atom is 0.391 e. The van der Waals surface area contributed by atoms with Gasteiger partial charge in [-0.1, -0.05) is 0 Å². The van der Waals surface area contributed by atoms with Gasteiger partial charge in [0.15, 0.2) is 0 Å². The molecule has 1 aromatic rings. The van der Waals surface area contributed by atoms with Crippen LogP contribution in [0.25, 0.3) is 0 Å². The molecule has 1 aliphatic heterocycles. The Bertz CT molecular complexity index is 382. The molecule has 0 spiro atoms. The van der Waals surface area contributed by atoms with Crippen LogP contribution in [0.2, 0.25) is 0 Å². The molecule has 4 nitrogen and oxygen atoms in total. The summed E-state index contributed by atoms with van der Waals surface area (Å²) >= 11 is 0. The highest BCUT2D eigenvalue weighted by atomic mass is 19.4. The number of halogens is 3. The minimum atomic E-state index is -4.08. The van der Waals surface area contributed by atoms with E-state index in [9.17, 15) is 13.2 Å². The van der Waals surface area contributed by atoms with Crippen molar-refractivity contribution in [3.05, 3.63) is 18.1 Å². The van der Waals surface area contributed by atoms with E-state index in [4.69, 9.17) is 5.73 Å². The first-order valence-electron chi connectivity index (χ1n) is 5.83. The van der Waals surface area contributed by atoms with Gasteiger partial charge in [0.25, 0.3) is 0 Å². The molecule has 0 aromatic carbocycles. The normalized spacial score (nSPS) is 18.1. The molecule has 0 amide bonds. The third kappa shape index (κ3) is 2.90. The number of nitrogens with two attached hydrogens (primary N) is 1. The molecule has 0 unspecified atom stereocenters. The van der Waals surface area contributed by atoms with Crippen LogP contribution in [0.15, 0.2) is 12.4 Å². The Morgan fingerprint density at radius 1 is 1.22 bits per heavy atom. The van der Waals surface area contributed by atoms with Gasteiger partial charge < -0.3 is 10.6 Å². The van der Waals surface area contributed by atoms with Gasteiger partial charge in [0, 0.05) is 19.6 Å². The van der Waals surface area contributed by atoms with Crippen molar-refractivity contribution in [1.82, 2.24) is 9.97 Å². The van der Waals surface area contributed by atoms with E-state index in [0.29, 0.717) is 31.1 Å². The third-order valence-electron chi connectivity index (χ3n) is 3.18. The number of rotatable bonds is 2. The zero-order valence-corrected chi connectivity index (χ0v) is 9.82. The fourth-order valence-electron chi connectivity index (χ4n) is 2.05. The van der Waals surface area contributed by atoms with E-state index in [1.807, 2.05) is 4.90 Å². The highest BCUT2D eigenvalue weighted by Gasteiger charge is 2.41. The first kappa shape index (κ1) is 13.1. The van der Waals surface area contributed by atoms with Crippen molar-refractivity contribution >= 4 is 5.82 Å². The maximum absolute atomic E-state index is 12.5. The van der Waals surface area contributed by atoms with E-state index in [1.54, 1.807) is 12.4 Å². The SMILES string of the molecule is NCc1cnc(N2CCC(C(F)(F)F)CC2)cn1. The smallest absolute Gasteiger partial charge is 0.355 e. The fourth-order valence-corrected chi connectivity index (χ4v) is 2.05. The predicted octanol–water partition coefficient (Wildman–Crippen LogP) is 1.71. The number of anilines is 1. The summed E-state index contributed by atoms with van der Waals surface area (Å²) in [4.78, 5) is 10.1. The largest absolute Gasteiger partial charge is 0.391 e. The van der Waals surface area contributed by atoms with Crippen molar-refractivity contribution < 1.29 is 13.2 Å². The Morgan fingerprint density at radius 3 is 2.33 bits per heavy atom. The highest BCUT2D eigenvalue weighted by Crippen LogP contribution is 2.34. The van der Waals surface area contributed by atoms with Crippen molar-refractivity contribution in [3.8, 4) is 0 Å². The minimum Gasteiger partial charge on any atom is -0.355 e. The molecule has 2 rings (SSSR count). The van der Waals surface area contributed by atoms with E-state index in [0.717, 1.165) is 0 Å². The summed E-state index contributed by atoms with van der Waals surface area (Å²) in [6.45, 7) is 1.03. The number of piperidine rings is 1. The van der Waals surface area contributed by atoms with E-state index in [-0.39, 0.29) is 12.8 Å². The molecule has 0 aliphatic carbocycles. The molecule has 18 heavy (non-hydrogen) atoms. The Kier molecular flexibility index (Phi) is 3.70. The van der Waals surface area contributed by atoms with Crippen LogP contribution in [0.1, 0.15) is 18.5 Å². The van der Waals surface area contributed by atoms with Gasteiger partial charge in [-0.3, -0.25) is 4.98 Å². The number of hydrogen-bond acceptors (Lipinski definition) is 4. The lowest BCUT2D eigenvalue weighted by atomic mass is 9.96. The summed E-state index contributed by atoms with van der Waals surface area (Å²) in [5, 5.41) is 0. The molecule has 0 bridgehead atoms. The zero-order valence-electron chi connectivity index (χ0n) is 9.82. The first-order chi connectivity index (χ1) is 8.50. The lowest BCUT2D eigenvalue weighted by molar-refractivity contribution is -0.179. The van der Waals surface area contributed by atoms with Gasteiger partial charge in [-0.15, -0.1) is 0 Å². The van der Waals surface area contributed by atoms with Crippen molar-refractivity contribution in [2.45, 2.75) is 25.6 Å².